The third kappa shape index (κ3) is 4.31. The number of nitrogens with zero attached hydrogens (tertiary/aromatic N) is 1. The highest BCUT2D eigenvalue weighted by molar-refractivity contribution is 5.27. The van der Waals surface area contributed by atoms with Crippen LogP contribution in [0.2, 0.25) is 0 Å². The average Bonchev–Trinajstić information content (AvgIpc) is 2.55. The van der Waals surface area contributed by atoms with Gasteiger partial charge in [0.15, 0.2) is 0 Å². The number of aryl methyl sites for hydroxylation is 1. The highest BCUT2D eigenvalue weighted by Crippen LogP contribution is 2.22. The largest absolute Gasteiger partial charge is 0.497 e. The van der Waals surface area contributed by atoms with E-state index in [4.69, 9.17) is 4.74 Å². The zero-order valence-corrected chi connectivity index (χ0v) is 13.6. The predicted molar refractivity (Wildman–Crippen MR) is 88.8 cm³/mol. The standard InChI is InChI=1S/C19H24FNO/c1-15(18-8-4-5-9-19(18)20)21(2)14-6-7-16-10-12-17(22-3)13-11-16/h4-5,8-13,15H,6-7,14H2,1-3H3. The highest BCUT2D eigenvalue weighted by Gasteiger charge is 2.14. The molecular weight excluding hydrogens is 277 g/mol. The quantitative estimate of drug-likeness (QED) is 0.748. The topological polar surface area (TPSA) is 12.5 Å². The number of ether oxygens (including phenoxy) is 1. The first-order valence-corrected chi connectivity index (χ1v) is 7.69. The molecule has 0 saturated carbocycles. The van der Waals surface area contributed by atoms with E-state index in [2.05, 4.69) is 17.0 Å². The monoisotopic (exact) mass is 301 g/mol. The lowest BCUT2D eigenvalue weighted by atomic mass is 10.1. The van der Waals surface area contributed by atoms with Gasteiger partial charge in [-0.25, -0.2) is 4.39 Å². The fourth-order valence-electron chi connectivity index (χ4n) is 2.57. The van der Waals surface area contributed by atoms with Crippen molar-refractivity contribution in [2.45, 2.75) is 25.8 Å². The molecule has 0 aliphatic rings. The minimum absolute atomic E-state index is 0.0806. The molecule has 0 saturated heterocycles. The van der Waals surface area contributed by atoms with E-state index in [1.54, 1.807) is 13.2 Å². The maximum Gasteiger partial charge on any atom is 0.127 e. The summed E-state index contributed by atoms with van der Waals surface area (Å²) in [4.78, 5) is 2.20. The van der Waals surface area contributed by atoms with Crippen LogP contribution in [0.1, 0.15) is 30.5 Å². The second kappa shape index (κ2) is 7.95. The second-order valence-corrected chi connectivity index (χ2v) is 5.63. The molecule has 0 aliphatic heterocycles. The molecule has 0 radical (unpaired) electrons. The van der Waals surface area contributed by atoms with Crippen LogP contribution in [0, 0.1) is 5.82 Å². The first-order valence-electron chi connectivity index (χ1n) is 7.69. The summed E-state index contributed by atoms with van der Waals surface area (Å²) in [6.45, 7) is 2.98. The van der Waals surface area contributed by atoms with Crippen molar-refractivity contribution in [1.29, 1.82) is 0 Å². The summed E-state index contributed by atoms with van der Waals surface area (Å²) < 4.78 is 19.0. The van der Waals surface area contributed by atoms with Crippen molar-refractivity contribution in [3.8, 4) is 5.75 Å². The van der Waals surface area contributed by atoms with Gasteiger partial charge >= 0.3 is 0 Å². The molecule has 3 heteroatoms. The van der Waals surface area contributed by atoms with E-state index in [1.807, 2.05) is 38.2 Å². The minimum atomic E-state index is -0.128. The summed E-state index contributed by atoms with van der Waals surface area (Å²) in [6, 6.07) is 15.3. The molecule has 0 amide bonds. The molecule has 0 heterocycles. The van der Waals surface area contributed by atoms with Crippen LogP contribution in [-0.2, 0) is 6.42 Å². The van der Waals surface area contributed by atoms with Crippen LogP contribution in [-0.4, -0.2) is 25.6 Å². The van der Waals surface area contributed by atoms with E-state index in [-0.39, 0.29) is 11.9 Å². The van der Waals surface area contributed by atoms with Crippen LogP contribution >= 0.6 is 0 Å². The fraction of sp³-hybridized carbons (Fsp3) is 0.368. The van der Waals surface area contributed by atoms with Gasteiger partial charge in [0.2, 0.25) is 0 Å². The van der Waals surface area contributed by atoms with Gasteiger partial charge in [0, 0.05) is 11.6 Å². The molecule has 0 aliphatic carbocycles. The Kier molecular flexibility index (Phi) is 5.96. The van der Waals surface area contributed by atoms with Crippen LogP contribution in [0.3, 0.4) is 0 Å². The smallest absolute Gasteiger partial charge is 0.127 e. The van der Waals surface area contributed by atoms with Gasteiger partial charge in [-0.2, -0.15) is 0 Å². The summed E-state index contributed by atoms with van der Waals surface area (Å²) in [5, 5.41) is 0. The Bertz CT molecular complexity index is 582. The van der Waals surface area contributed by atoms with Crippen LogP contribution in [0.4, 0.5) is 4.39 Å². The van der Waals surface area contributed by atoms with Crippen molar-refractivity contribution in [3.63, 3.8) is 0 Å². The number of hydrogen-bond acceptors (Lipinski definition) is 2. The van der Waals surface area contributed by atoms with Crippen molar-refractivity contribution in [3.05, 3.63) is 65.5 Å². The van der Waals surface area contributed by atoms with Gasteiger partial charge in [-0.3, -0.25) is 4.90 Å². The van der Waals surface area contributed by atoms with Gasteiger partial charge in [-0.1, -0.05) is 30.3 Å². The van der Waals surface area contributed by atoms with E-state index in [9.17, 15) is 4.39 Å². The molecule has 2 aromatic rings. The minimum Gasteiger partial charge on any atom is -0.497 e. The lowest BCUT2D eigenvalue weighted by molar-refractivity contribution is 0.253. The zero-order chi connectivity index (χ0) is 15.9. The summed E-state index contributed by atoms with van der Waals surface area (Å²) in [5.41, 5.74) is 2.06. The summed E-state index contributed by atoms with van der Waals surface area (Å²) in [7, 11) is 3.72. The Morgan fingerprint density at radius 3 is 2.41 bits per heavy atom. The van der Waals surface area contributed by atoms with Crippen molar-refractivity contribution in [2.75, 3.05) is 20.7 Å². The first-order chi connectivity index (χ1) is 10.6. The molecule has 2 nitrogen and oxygen atoms in total. The third-order valence-corrected chi connectivity index (χ3v) is 4.15. The predicted octanol–water partition coefficient (Wildman–Crippen LogP) is 4.46. The van der Waals surface area contributed by atoms with E-state index in [1.165, 1.54) is 11.6 Å². The molecule has 0 spiro atoms. The second-order valence-electron chi connectivity index (χ2n) is 5.63. The van der Waals surface area contributed by atoms with Gasteiger partial charge in [-0.05, 0) is 57.1 Å². The molecule has 2 rings (SSSR count). The van der Waals surface area contributed by atoms with Gasteiger partial charge in [-0.15, -0.1) is 0 Å². The normalized spacial score (nSPS) is 12.4. The third-order valence-electron chi connectivity index (χ3n) is 4.15. The molecule has 22 heavy (non-hydrogen) atoms. The Balaban J connectivity index is 1.84. The highest BCUT2D eigenvalue weighted by atomic mass is 19.1. The molecule has 2 aromatic carbocycles. The molecule has 1 unspecified atom stereocenters. The van der Waals surface area contributed by atoms with Crippen molar-refractivity contribution in [1.82, 2.24) is 4.90 Å². The maximum absolute atomic E-state index is 13.8. The Labute approximate surface area is 132 Å². The van der Waals surface area contributed by atoms with Crippen molar-refractivity contribution < 1.29 is 9.13 Å². The van der Waals surface area contributed by atoms with Gasteiger partial charge in [0.25, 0.3) is 0 Å². The lowest BCUT2D eigenvalue weighted by Crippen LogP contribution is -2.24. The molecule has 0 bridgehead atoms. The Morgan fingerprint density at radius 1 is 1.09 bits per heavy atom. The number of methoxy groups -OCH3 is 1. The summed E-state index contributed by atoms with van der Waals surface area (Å²) in [5.74, 6) is 0.756. The maximum atomic E-state index is 13.8. The Hall–Kier alpha value is -1.87. The molecule has 0 aromatic heterocycles. The zero-order valence-electron chi connectivity index (χ0n) is 13.6. The number of hydrogen-bond donors (Lipinski definition) is 0. The number of rotatable bonds is 7. The van der Waals surface area contributed by atoms with Crippen molar-refractivity contribution >= 4 is 0 Å². The number of halogens is 1. The average molecular weight is 301 g/mol. The van der Waals surface area contributed by atoms with Crippen LogP contribution in [0.15, 0.2) is 48.5 Å². The molecule has 1 atom stereocenters. The number of benzene rings is 2. The summed E-state index contributed by atoms with van der Waals surface area (Å²) in [6.07, 6.45) is 2.06. The van der Waals surface area contributed by atoms with Gasteiger partial charge < -0.3 is 4.74 Å². The van der Waals surface area contributed by atoms with E-state index < -0.39 is 0 Å². The van der Waals surface area contributed by atoms with Crippen LogP contribution in [0.25, 0.3) is 0 Å². The molecule has 0 N–H and O–H groups in total. The fourth-order valence-corrected chi connectivity index (χ4v) is 2.57. The first kappa shape index (κ1) is 16.5. The van der Waals surface area contributed by atoms with Crippen molar-refractivity contribution in [2.24, 2.45) is 0 Å². The summed E-state index contributed by atoms with van der Waals surface area (Å²) >= 11 is 0. The molecule has 118 valence electrons. The van der Waals surface area contributed by atoms with E-state index in [0.717, 1.165) is 30.7 Å². The van der Waals surface area contributed by atoms with Gasteiger partial charge in [0.05, 0.1) is 7.11 Å². The van der Waals surface area contributed by atoms with E-state index in [0.29, 0.717) is 0 Å². The molecular formula is C19H24FNO. The Morgan fingerprint density at radius 2 is 1.77 bits per heavy atom. The SMILES string of the molecule is COc1ccc(CCCN(C)C(C)c2ccccc2F)cc1. The van der Waals surface area contributed by atoms with Crippen LogP contribution in [0.5, 0.6) is 5.75 Å². The van der Waals surface area contributed by atoms with E-state index >= 15 is 0 Å². The lowest BCUT2D eigenvalue weighted by Gasteiger charge is -2.25. The molecule has 0 fully saturated rings. The van der Waals surface area contributed by atoms with Crippen LogP contribution < -0.4 is 4.74 Å². The van der Waals surface area contributed by atoms with Gasteiger partial charge in [0.1, 0.15) is 11.6 Å².